The first-order valence-electron chi connectivity index (χ1n) is 12.1. The molecule has 37 heavy (non-hydrogen) atoms. The van der Waals surface area contributed by atoms with Gasteiger partial charge in [0.1, 0.15) is 19.2 Å². The van der Waals surface area contributed by atoms with Gasteiger partial charge in [-0.1, -0.05) is 98.8 Å². The van der Waals surface area contributed by atoms with E-state index in [0.29, 0.717) is 12.4 Å². The van der Waals surface area contributed by atoms with Gasteiger partial charge in [0.15, 0.2) is 0 Å². The van der Waals surface area contributed by atoms with Crippen LogP contribution in [0.3, 0.4) is 0 Å². The molecule has 0 aliphatic heterocycles. The molecule has 0 fully saturated rings. The minimum absolute atomic E-state index is 0.0756. The van der Waals surface area contributed by atoms with Crippen molar-refractivity contribution >= 4 is 19.6 Å². The number of hydrogen-bond acceptors (Lipinski definition) is 5. The lowest BCUT2D eigenvalue weighted by Gasteiger charge is -2.42. The topological polar surface area (TPSA) is 88.0 Å². The molecule has 3 aromatic carbocycles. The van der Waals surface area contributed by atoms with Crippen molar-refractivity contribution in [2.75, 3.05) is 13.7 Å². The van der Waals surface area contributed by atoms with Gasteiger partial charge >= 0.3 is 0 Å². The smallest absolute Gasteiger partial charge is 0.285 e. The molecule has 3 aromatic rings. The first kappa shape index (κ1) is 31.3. The molecule has 0 aliphatic rings. The van der Waals surface area contributed by atoms with Crippen LogP contribution in [0.25, 0.3) is 11.1 Å². The van der Waals surface area contributed by atoms with Crippen molar-refractivity contribution in [3.63, 3.8) is 0 Å². The van der Waals surface area contributed by atoms with Gasteiger partial charge in [0.05, 0.1) is 6.04 Å². The third-order valence-electron chi connectivity index (χ3n) is 6.69. The zero-order valence-electron chi connectivity index (χ0n) is 22.6. The number of aliphatic hydroxyl groups is 1. The summed E-state index contributed by atoms with van der Waals surface area (Å²) < 4.78 is 6.48. The van der Waals surface area contributed by atoms with E-state index in [1.807, 2.05) is 50.0 Å². The Morgan fingerprint density at radius 3 is 1.81 bits per heavy atom. The fourth-order valence-corrected chi connectivity index (χ4v) is 3.85. The number of carbonyl (C=O) groups excluding carboxylic acids is 2. The number of carbonyl (C=O) groups is 2. The van der Waals surface area contributed by atoms with Crippen LogP contribution in [-0.4, -0.2) is 44.0 Å². The summed E-state index contributed by atoms with van der Waals surface area (Å²) in [4.78, 5) is 20.4. The first-order valence-corrected chi connectivity index (χ1v) is 12.1. The molecule has 0 bridgehead atoms. The van der Waals surface area contributed by atoms with Gasteiger partial charge in [0.2, 0.25) is 0 Å². The molecule has 0 aliphatic carbocycles. The molecule has 0 saturated carbocycles. The van der Waals surface area contributed by atoms with E-state index in [0.717, 1.165) is 5.56 Å². The summed E-state index contributed by atoms with van der Waals surface area (Å²) in [5.41, 5.74) is 3.84. The van der Waals surface area contributed by atoms with E-state index in [2.05, 4.69) is 86.5 Å². The highest BCUT2D eigenvalue weighted by molar-refractivity contribution is 5.74. The fourth-order valence-electron chi connectivity index (χ4n) is 3.85. The van der Waals surface area contributed by atoms with Gasteiger partial charge in [-0.05, 0) is 42.5 Å². The monoisotopic (exact) mass is 504 g/mol. The maximum Gasteiger partial charge on any atom is 0.285 e. The summed E-state index contributed by atoms with van der Waals surface area (Å²) in [5, 5.41) is 13.0. The maximum atomic E-state index is 9.58. The Hall–Kier alpha value is -3.77. The van der Waals surface area contributed by atoms with Crippen LogP contribution < -0.4 is 5.32 Å². The van der Waals surface area contributed by atoms with Crippen LogP contribution in [0.15, 0.2) is 89.9 Å². The summed E-state index contributed by atoms with van der Waals surface area (Å²) in [5.74, 6) is 0. The Balaban J connectivity index is 0.00000163. The number of aliphatic imine (C=N–C) groups is 1. The summed E-state index contributed by atoms with van der Waals surface area (Å²) >= 11 is 0. The van der Waals surface area contributed by atoms with Crippen LogP contribution in [0.1, 0.15) is 51.3 Å². The molecule has 2 N–H and O–H groups in total. The second-order valence-electron chi connectivity index (χ2n) is 9.33. The zero-order chi connectivity index (χ0) is 27.9. The second-order valence-corrected chi connectivity index (χ2v) is 9.33. The first-order chi connectivity index (χ1) is 17.8. The van der Waals surface area contributed by atoms with Crippen molar-refractivity contribution < 1.29 is 19.4 Å². The molecule has 0 amide bonds. The fraction of sp³-hybridized carbons (Fsp3) is 0.323. The van der Waals surface area contributed by atoms with Crippen LogP contribution in [-0.2, 0) is 19.7 Å². The molecular formula is C31H40N2O4. The van der Waals surface area contributed by atoms with Gasteiger partial charge in [-0.3, -0.25) is 0 Å². The van der Waals surface area contributed by atoms with Crippen LogP contribution in [0.2, 0.25) is 0 Å². The number of amidine groups is 1. The molecule has 6 nitrogen and oxygen atoms in total. The molecule has 0 heterocycles. The van der Waals surface area contributed by atoms with Crippen molar-refractivity contribution in [2.45, 2.75) is 51.2 Å². The van der Waals surface area contributed by atoms with E-state index in [1.165, 1.54) is 16.7 Å². The number of aliphatic hydroxyl groups excluding tert-OH is 1. The normalized spacial score (nSPS) is 12.2. The molecule has 3 rings (SSSR count). The lowest BCUT2D eigenvalue weighted by atomic mass is 9.71. The van der Waals surface area contributed by atoms with Gasteiger partial charge in [-0.25, -0.2) is 4.99 Å². The van der Waals surface area contributed by atoms with Crippen LogP contribution in [0.4, 0.5) is 0 Å². The van der Waals surface area contributed by atoms with E-state index in [1.54, 1.807) is 7.05 Å². The number of nitrogens with one attached hydrogen (secondary N) is 1. The Morgan fingerprint density at radius 1 is 0.838 bits per heavy atom. The molecular weight excluding hydrogens is 464 g/mol. The average Bonchev–Trinajstić information content (AvgIpc) is 2.95. The molecule has 6 heteroatoms. The standard InChI is InChI=1S/C29H36N2O2.2CH2O/c1-28(2,25-18-16-23(17-19-25)22-12-8-6-9-13-22)29(3,4)33-27(30-5)31-26(20-21-32)24-14-10-7-11-15-24;2*1-2/h6-19,26,32H,20-21H2,1-5H3,(H,30,31);2*1H2/t26-;;/m0../s1. The van der Waals surface area contributed by atoms with E-state index in [4.69, 9.17) is 14.3 Å². The molecule has 0 saturated heterocycles. The molecule has 1 atom stereocenters. The predicted octanol–water partition coefficient (Wildman–Crippen LogP) is 5.76. The Labute approximate surface area is 221 Å². The Morgan fingerprint density at radius 2 is 1.32 bits per heavy atom. The number of rotatable bonds is 8. The number of benzene rings is 3. The number of ether oxygens (including phenoxy) is 1. The highest BCUT2D eigenvalue weighted by Gasteiger charge is 2.41. The molecule has 0 aromatic heterocycles. The largest absolute Gasteiger partial charge is 0.458 e. The van der Waals surface area contributed by atoms with Crippen molar-refractivity contribution in [3.05, 3.63) is 96.1 Å². The quantitative estimate of drug-likeness (QED) is 0.301. The SMILES string of the molecule is C=O.C=O.CN=C(N[C@@H](CCO)c1ccccc1)OC(C)(C)C(C)(C)c1ccc(-c2ccccc2)cc1. The summed E-state index contributed by atoms with van der Waals surface area (Å²) in [7, 11) is 1.72. The van der Waals surface area contributed by atoms with Crippen LogP contribution in [0.5, 0.6) is 0 Å². The van der Waals surface area contributed by atoms with Crippen LogP contribution in [0, 0.1) is 0 Å². The van der Waals surface area contributed by atoms with Crippen LogP contribution >= 0.6 is 0 Å². The van der Waals surface area contributed by atoms with Gasteiger partial charge in [0, 0.05) is 19.1 Å². The Bertz CT molecular complexity index is 1060. The van der Waals surface area contributed by atoms with Gasteiger partial charge < -0.3 is 24.7 Å². The van der Waals surface area contributed by atoms with Crippen molar-refractivity contribution in [3.8, 4) is 11.1 Å². The average molecular weight is 505 g/mol. The zero-order valence-corrected chi connectivity index (χ0v) is 22.6. The summed E-state index contributed by atoms with van der Waals surface area (Å²) in [6, 6.07) is 29.6. The van der Waals surface area contributed by atoms with E-state index in [9.17, 15) is 5.11 Å². The minimum Gasteiger partial charge on any atom is -0.458 e. The predicted molar refractivity (Wildman–Crippen MR) is 152 cm³/mol. The number of hydrogen-bond donors (Lipinski definition) is 2. The van der Waals surface area contributed by atoms with E-state index in [-0.39, 0.29) is 18.1 Å². The van der Waals surface area contributed by atoms with E-state index >= 15 is 0 Å². The summed E-state index contributed by atoms with van der Waals surface area (Å²) in [6.45, 7) is 12.6. The van der Waals surface area contributed by atoms with Crippen molar-refractivity contribution in [1.29, 1.82) is 0 Å². The van der Waals surface area contributed by atoms with Gasteiger partial charge in [-0.2, -0.15) is 0 Å². The molecule has 0 unspecified atom stereocenters. The van der Waals surface area contributed by atoms with Crippen molar-refractivity contribution in [1.82, 2.24) is 5.32 Å². The second kappa shape index (κ2) is 15.4. The molecule has 0 spiro atoms. The lowest BCUT2D eigenvalue weighted by molar-refractivity contribution is -0.0987. The minimum atomic E-state index is -0.552. The third-order valence-corrected chi connectivity index (χ3v) is 6.69. The maximum absolute atomic E-state index is 9.58. The van der Waals surface area contributed by atoms with E-state index < -0.39 is 5.60 Å². The van der Waals surface area contributed by atoms with Gasteiger partial charge in [-0.15, -0.1) is 0 Å². The number of nitrogens with zero attached hydrogens (tertiary/aromatic N) is 1. The van der Waals surface area contributed by atoms with Crippen molar-refractivity contribution in [2.24, 2.45) is 4.99 Å². The summed E-state index contributed by atoms with van der Waals surface area (Å²) in [6.07, 6.45) is 0.567. The Kier molecular flexibility index (Phi) is 13.0. The highest BCUT2D eigenvalue weighted by Crippen LogP contribution is 2.38. The van der Waals surface area contributed by atoms with Gasteiger partial charge in [0.25, 0.3) is 6.02 Å². The third kappa shape index (κ3) is 8.40. The molecule has 0 radical (unpaired) electrons. The lowest BCUT2D eigenvalue weighted by Crippen LogP contribution is -2.49. The highest BCUT2D eigenvalue weighted by atomic mass is 16.5. The molecule has 198 valence electrons.